The highest BCUT2D eigenvalue weighted by atomic mass is 35.5. The molecule has 0 radical (unpaired) electrons. The van der Waals surface area contributed by atoms with Gasteiger partial charge in [0.15, 0.2) is 0 Å². The second kappa shape index (κ2) is 6.69. The lowest BCUT2D eigenvalue weighted by Gasteiger charge is -2.10. The Morgan fingerprint density at radius 3 is 2.32 bits per heavy atom. The van der Waals surface area contributed by atoms with Crippen molar-refractivity contribution in [3.63, 3.8) is 0 Å². The number of ether oxygens (including phenoxy) is 2. The summed E-state index contributed by atoms with van der Waals surface area (Å²) in [5.74, 6) is 2.62. The van der Waals surface area contributed by atoms with E-state index in [0.717, 1.165) is 17.1 Å². The summed E-state index contributed by atoms with van der Waals surface area (Å²) in [7, 11) is 0. The largest absolute Gasteiger partial charge is 0.494 e. The van der Waals surface area contributed by atoms with Crippen molar-refractivity contribution in [2.45, 2.75) is 12.8 Å². The van der Waals surface area contributed by atoms with Crippen LogP contribution in [0.2, 0.25) is 5.02 Å². The summed E-state index contributed by atoms with van der Waals surface area (Å²) in [5.41, 5.74) is 0.864. The molecule has 2 rings (SSSR count). The average molecular weight is 297 g/mol. The van der Waals surface area contributed by atoms with E-state index in [9.17, 15) is 0 Å². The molecule has 2 nitrogen and oxygen atoms in total. The highest BCUT2D eigenvalue weighted by molar-refractivity contribution is 6.30. The Morgan fingerprint density at radius 2 is 1.68 bits per heavy atom. The Bertz CT molecular complexity index is 538. The zero-order chi connectivity index (χ0) is 13.7. The zero-order valence-electron chi connectivity index (χ0n) is 10.5. The molecule has 0 aliphatic rings. The molecule has 0 saturated heterocycles. The highest BCUT2D eigenvalue weighted by Crippen LogP contribution is 2.29. The lowest BCUT2D eigenvalue weighted by atomic mass is 10.2. The molecule has 0 N–H and O–H groups in total. The molecule has 2 aromatic rings. The van der Waals surface area contributed by atoms with E-state index in [-0.39, 0.29) is 0 Å². The molecular weight excluding hydrogens is 283 g/mol. The molecule has 0 unspecified atom stereocenters. The third-order valence-corrected chi connectivity index (χ3v) is 3.05. The summed E-state index contributed by atoms with van der Waals surface area (Å²) >= 11 is 11.8. The fourth-order valence-corrected chi connectivity index (χ4v) is 2.05. The topological polar surface area (TPSA) is 18.5 Å². The van der Waals surface area contributed by atoms with Crippen LogP contribution in [-0.2, 0) is 5.88 Å². The van der Waals surface area contributed by atoms with Crippen molar-refractivity contribution < 1.29 is 9.47 Å². The van der Waals surface area contributed by atoms with Crippen LogP contribution in [0.5, 0.6) is 17.2 Å². The Morgan fingerprint density at radius 1 is 1.00 bits per heavy atom. The molecule has 0 bridgehead atoms. The SMILES string of the molecule is CCOc1ccc(Oc2ccc(Cl)cc2CCl)cc1. The van der Waals surface area contributed by atoms with Gasteiger partial charge in [0.25, 0.3) is 0 Å². The molecule has 0 fully saturated rings. The third-order valence-electron chi connectivity index (χ3n) is 2.53. The minimum absolute atomic E-state index is 0.354. The van der Waals surface area contributed by atoms with Crippen molar-refractivity contribution in [2.75, 3.05) is 6.61 Å². The van der Waals surface area contributed by atoms with Crippen LogP contribution in [0.4, 0.5) is 0 Å². The van der Waals surface area contributed by atoms with E-state index >= 15 is 0 Å². The van der Waals surface area contributed by atoms with Crippen molar-refractivity contribution >= 4 is 23.2 Å². The minimum Gasteiger partial charge on any atom is -0.494 e. The fraction of sp³-hybridized carbons (Fsp3) is 0.200. The van der Waals surface area contributed by atoms with Crippen LogP contribution in [0.1, 0.15) is 12.5 Å². The summed E-state index contributed by atoms with van der Waals surface area (Å²) in [5, 5.41) is 0.648. The van der Waals surface area contributed by atoms with Crippen molar-refractivity contribution in [1.29, 1.82) is 0 Å². The fourth-order valence-electron chi connectivity index (χ4n) is 1.65. The van der Waals surface area contributed by atoms with E-state index < -0.39 is 0 Å². The number of hydrogen-bond donors (Lipinski definition) is 0. The predicted molar refractivity (Wildman–Crippen MR) is 78.7 cm³/mol. The van der Waals surface area contributed by atoms with Crippen molar-refractivity contribution in [1.82, 2.24) is 0 Å². The van der Waals surface area contributed by atoms with Crippen LogP contribution < -0.4 is 9.47 Å². The molecule has 0 heterocycles. The first-order chi connectivity index (χ1) is 9.22. The van der Waals surface area contributed by atoms with Gasteiger partial charge in [-0.25, -0.2) is 0 Å². The Kier molecular flexibility index (Phi) is 4.94. The monoisotopic (exact) mass is 296 g/mol. The normalized spacial score (nSPS) is 10.3. The van der Waals surface area contributed by atoms with E-state index in [1.807, 2.05) is 37.3 Å². The van der Waals surface area contributed by atoms with Gasteiger partial charge in [0.1, 0.15) is 17.2 Å². The van der Waals surface area contributed by atoms with Gasteiger partial charge in [-0.2, -0.15) is 0 Å². The molecule has 4 heteroatoms. The number of benzene rings is 2. The maximum Gasteiger partial charge on any atom is 0.131 e. The molecule has 0 aliphatic carbocycles. The Labute approximate surface area is 122 Å². The van der Waals surface area contributed by atoms with Crippen LogP contribution in [0, 0.1) is 0 Å². The molecule has 0 saturated carbocycles. The lowest BCUT2D eigenvalue weighted by Crippen LogP contribution is -1.92. The van der Waals surface area contributed by atoms with Gasteiger partial charge in [-0.15, -0.1) is 11.6 Å². The van der Waals surface area contributed by atoms with Crippen LogP contribution >= 0.6 is 23.2 Å². The summed E-state index contributed by atoms with van der Waals surface area (Å²) in [6.07, 6.45) is 0. The van der Waals surface area contributed by atoms with Crippen LogP contribution in [-0.4, -0.2) is 6.61 Å². The summed E-state index contributed by atoms with van der Waals surface area (Å²) in [4.78, 5) is 0. The van der Waals surface area contributed by atoms with Gasteiger partial charge in [0, 0.05) is 10.6 Å². The molecular formula is C15H14Cl2O2. The van der Waals surface area contributed by atoms with Crippen LogP contribution in [0.25, 0.3) is 0 Å². The highest BCUT2D eigenvalue weighted by Gasteiger charge is 2.05. The van der Waals surface area contributed by atoms with E-state index in [0.29, 0.717) is 23.3 Å². The molecule has 0 aliphatic heterocycles. The van der Waals surface area contributed by atoms with E-state index in [2.05, 4.69) is 0 Å². The van der Waals surface area contributed by atoms with Crippen molar-refractivity contribution in [3.05, 3.63) is 53.1 Å². The van der Waals surface area contributed by atoms with E-state index in [1.54, 1.807) is 12.1 Å². The van der Waals surface area contributed by atoms with E-state index in [1.165, 1.54) is 0 Å². The van der Waals surface area contributed by atoms with Crippen LogP contribution in [0.15, 0.2) is 42.5 Å². The quantitative estimate of drug-likeness (QED) is 0.700. The number of rotatable bonds is 5. The summed E-state index contributed by atoms with van der Waals surface area (Å²) in [6, 6.07) is 12.9. The Hall–Kier alpha value is -1.38. The van der Waals surface area contributed by atoms with Gasteiger partial charge in [0.05, 0.1) is 12.5 Å². The van der Waals surface area contributed by atoms with Crippen LogP contribution in [0.3, 0.4) is 0 Å². The second-order valence-corrected chi connectivity index (χ2v) is 4.60. The standard InChI is InChI=1S/C15H14Cl2O2/c1-2-18-13-4-6-14(7-5-13)19-15-8-3-12(17)9-11(15)10-16/h3-9H,2,10H2,1H3. The van der Waals surface area contributed by atoms with Gasteiger partial charge in [-0.3, -0.25) is 0 Å². The van der Waals surface area contributed by atoms with Gasteiger partial charge in [0.2, 0.25) is 0 Å². The Balaban J connectivity index is 2.16. The summed E-state index contributed by atoms with van der Waals surface area (Å²) < 4.78 is 11.2. The molecule has 0 spiro atoms. The predicted octanol–water partition coefficient (Wildman–Crippen LogP) is 5.27. The first kappa shape index (κ1) is 14.0. The van der Waals surface area contributed by atoms with Gasteiger partial charge < -0.3 is 9.47 Å². The zero-order valence-corrected chi connectivity index (χ0v) is 12.0. The molecule has 0 aromatic heterocycles. The number of alkyl halides is 1. The first-order valence-corrected chi connectivity index (χ1v) is 6.89. The second-order valence-electron chi connectivity index (χ2n) is 3.89. The minimum atomic E-state index is 0.354. The molecule has 2 aromatic carbocycles. The maximum absolute atomic E-state index is 5.92. The number of hydrogen-bond acceptors (Lipinski definition) is 2. The van der Waals surface area contributed by atoms with Gasteiger partial charge >= 0.3 is 0 Å². The molecule has 19 heavy (non-hydrogen) atoms. The van der Waals surface area contributed by atoms with Crippen molar-refractivity contribution in [3.8, 4) is 17.2 Å². The molecule has 0 atom stereocenters. The first-order valence-electron chi connectivity index (χ1n) is 5.98. The van der Waals surface area contributed by atoms with Crippen molar-refractivity contribution in [2.24, 2.45) is 0 Å². The summed E-state index contributed by atoms with van der Waals surface area (Å²) in [6.45, 7) is 2.60. The molecule has 0 amide bonds. The smallest absolute Gasteiger partial charge is 0.131 e. The lowest BCUT2D eigenvalue weighted by molar-refractivity contribution is 0.339. The average Bonchev–Trinajstić information content (AvgIpc) is 2.43. The van der Waals surface area contributed by atoms with Gasteiger partial charge in [-0.05, 0) is 49.4 Å². The van der Waals surface area contributed by atoms with E-state index in [4.69, 9.17) is 32.7 Å². The van der Waals surface area contributed by atoms with Gasteiger partial charge in [-0.1, -0.05) is 11.6 Å². The maximum atomic E-state index is 5.92. The molecule has 100 valence electrons. The third kappa shape index (κ3) is 3.79. The number of halogens is 2.